The Morgan fingerprint density at radius 1 is 1.27 bits per heavy atom. The van der Waals surface area contributed by atoms with Crippen LogP contribution in [0.4, 0.5) is 4.39 Å². The summed E-state index contributed by atoms with van der Waals surface area (Å²) in [6.07, 6.45) is 3.81. The largest absolute Gasteiger partial charge is 0.301 e. The highest BCUT2D eigenvalue weighted by molar-refractivity contribution is 7.09. The van der Waals surface area contributed by atoms with Crippen molar-refractivity contribution >= 4 is 11.3 Å². The van der Waals surface area contributed by atoms with Crippen LogP contribution in [0.3, 0.4) is 0 Å². The lowest BCUT2D eigenvalue weighted by Crippen LogP contribution is -2.21. The third kappa shape index (κ3) is 3.23. The fourth-order valence-electron chi connectivity index (χ4n) is 2.36. The van der Waals surface area contributed by atoms with Gasteiger partial charge in [0.1, 0.15) is 5.82 Å². The summed E-state index contributed by atoms with van der Waals surface area (Å²) in [6, 6.07) is 6.55. The van der Waals surface area contributed by atoms with E-state index in [1.807, 2.05) is 31.9 Å². The Kier molecular flexibility index (Phi) is 4.31. The molecule has 0 bridgehead atoms. The second-order valence-corrected chi connectivity index (χ2v) is 6.11. The van der Waals surface area contributed by atoms with Crippen molar-refractivity contribution in [2.45, 2.75) is 19.5 Å². The Morgan fingerprint density at radius 2 is 2.05 bits per heavy atom. The second kappa shape index (κ2) is 6.37. The fraction of sp³-hybridized carbons (Fsp3) is 0.250. The molecule has 4 nitrogen and oxygen atoms in total. The number of rotatable bonds is 5. The van der Waals surface area contributed by atoms with E-state index in [0.29, 0.717) is 6.54 Å². The second-order valence-electron chi connectivity index (χ2n) is 5.17. The van der Waals surface area contributed by atoms with Crippen molar-refractivity contribution in [2.75, 3.05) is 0 Å². The molecule has 0 radical (unpaired) electrons. The van der Waals surface area contributed by atoms with Crippen molar-refractivity contribution in [1.29, 1.82) is 0 Å². The van der Waals surface area contributed by atoms with E-state index in [2.05, 4.69) is 15.4 Å². The number of thiazole rings is 1. The first-order valence-corrected chi connectivity index (χ1v) is 7.88. The molecule has 0 aliphatic carbocycles. The number of hydrogen-bond acceptors (Lipinski definition) is 4. The highest BCUT2D eigenvalue weighted by atomic mass is 32.1. The van der Waals surface area contributed by atoms with Gasteiger partial charge in [-0.1, -0.05) is 12.1 Å². The zero-order chi connectivity index (χ0) is 15.5. The number of nitrogens with zero attached hydrogens (tertiary/aromatic N) is 3. The summed E-state index contributed by atoms with van der Waals surface area (Å²) in [6.45, 7) is 2.72. The van der Waals surface area contributed by atoms with Gasteiger partial charge < -0.3 is 5.32 Å². The van der Waals surface area contributed by atoms with Crippen molar-refractivity contribution in [3.05, 3.63) is 69.7 Å². The van der Waals surface area contributed by atoms with Crippen LogP contribution in [-0.2, 0) is 13.6 Å². The minimum Gasteiger partial charge on any atom is -0.301 e. The van der Waals surface area contributed by atoms with Gasteiger partial charge in [0.05, 0.1) is 23.4 Å². The van der Waals surface area contributed by atoms with Gasteiger partial charge in [-0.2, -0.15) is 5.10 Å². The lowest BCUT2D eigenvalue weighted by molar-refractivity contribution is 0.599. The van der Waals surface area contributed by atoms with Crippen LogP contribution in [0.5, 0.6) is 0 Å². The molecule has 0 aliphatic rings. The quantitative estimate of drug-likeness (QED) is 0.786. The molecule has 6 heteroatoms. The molecule has 2 aromatic heterocycles. The first-order valence-electron chi connectivity index (χ1n) is 7.00. The minimum atomic E-state index is -0.230. The van der Waals surface area contributed by atoms with Gasteiger partial charge in [-0.25, -0.2) is 9.37 Å². The maximum absolute atomic E-state index is 13.2. The lowest BCUT2D eigenvalue weighted by atomic mass is 10.0. The summed E-state index contributed by atoms with van der Waals surface area (Å²) in [5.74, 6) is -0.230. The van der Waals surface area contributed by atoms with Crippen LogP contribution < -0.4 is 5.32 Å². The molecule has 0 amide bonds. The molecule has 114 valence electrons. The Labute approximate surface area is 132 Å². The highest BCUT2D eigenvalue weighted by Crippen LogP contribution is 2.23. The van der Waals surface area contributed by atoms with E-state index in [9.17, 15) is 4.39 Å². The molecule has 0 fully saturated rings. The number of aromatic nitrogens is 3. The molecular formula is C16H17FN4S. The average Bonchev–Trinajstić information content (AvgIpc) is 3.10. The topological polar surface area (TPSA) is 42.7 Å². The number of aryl methyl sites for hydroxylation is 2. The van der Waals surface area contributed by atoms with Crippen molar-refractivity contribution < 1.29 is 4.39 Å². The van der Waals surface area contributed by atoms with E-state index in [1.54, 1.807) is 28.2 Å². The van der Waals surface area contributed by atoms with Crippen molar-refractivity contribution in [1.82, 2.24) is 20.1 Å². The predicted octanol–water partition coefficient (Wildman–Crippen LogP) is 3.20. The van der Waals surface area contributed by atoms with Gasteiger partial charge in [-0.3, -0.25) is 4.68 Å². The molecule has 1 N–H and O–H groups in total. The summed E-state index contributed by atoms with van der Waals surface area (Å²) < 4.78 is 14.9. The average molecular weight is 316 g/mol. The maximum atomic E-state index is 13.2. The van der Waals surface area contributed by atoms with Gasteiger partial charge >= 0.3 is 0 Å². The van der Waals surface area contributed by atoms with Crippen molar-refractivity contribution in [2.24, 2.45) is 7.05 Å². The molecule has 1 atom stereocenters. The van der Waals surface area contributed by atoms with Crippen LogP contribution in [-0.4, -0.2) is 14.8 Å². The van der Waals surface area contributed by atoms with Gasteiger partial charge in [-0.15, -0.1) is 11.3 Å². The van der Waals surface area contributed by atoms with Gasteiger partial charge in [0.2, 0.25) is 0 Å². The smallest absolute Gasteiger partial charge is 0.123 e. The molecule has 22 heavy (non-hydrogen) atoms. The Morgan fingerprint density at radius 3 is 2.64 bits per heavy atom. The molecule has 0 saturated heterocycles. The lowest BCUT2D eigenvalue weighted by Gasteiger charge is -2.18. The molecule has 2 heterocycles. The third-order valence-corrected chi connectivity index (χ3v) is 4.51. The number of hydrogen-bond donors (Lipinski definition) is 1. The Hall–Kier alpha value is -2.05. The minimum absolute atomic E-state index is 0.0317. The van der Waals surface area contributed by atoms with E-state index < -0.39 is 0 Å². The summed E-state index contributed by atoms with van der Waals surface area (Å²) in [5, 5.41) is 7.76. The fourth-order valence-corrected chi connectivity index (χ4v) is 3.09. The monoisotopic (exact) mass is 316 g/mol. The van der Waals surface area contributed by atoms with Crippen LogP contribution >= 0.6 is 11.3 Å². The van der Waals surface area contributed by atoms with Crippen LogP contribution in [0.25, 0.3) is 0 Å². The third-order valence-electron chi connectivity index (χ3n) is 3.57. The summed E-state index contributed by atoms with van der Waals surface area (Å²) in [7, 11) is 1.89. The first-order chi connectivity index (χ1) is 10.6. The number of halogens is 1. The van der Waals surface area contributed by atoms with Gasteiger partial charge in [-0.05, 0) is 24.6 Å². The van der Waals surface area contributed by atoms with Gasteiger partial charge in [0.25, 0.3) is 0 Å². The Bertz CT molecular complexity index is 748. The van der Waals surface area contributed by atoms with E-state index >= 15 is 0 Å². The first kappa shape index (κ1) is 14.9. The molecule has 3 aromatic rings. The number of nitrogens with one attached hydrogen (secondary N) is 1. The molecule has 1 unspecified atom stereocenters. The zero-order valence-corrected chi connectivity index (χ0v) is 13.3. The molecule has 0 aliphatic heterocycles. The van der Waals surface area contributed by atoms with E-state index in [1.165, 1.54) is 17.0 Å². The SMILES string of the molecule is Cc1ncsc1CNC(c1ccc(F)cc1)c1cnn(C)c1. The van der Waals surface area contributed by atoms with Gasteiger partial charge in [0, 0.05) is 30.2 Å². The van der Waals surface area contributed by atoms with Crippen molar-refractivity contribution in [3.8, 4) is 0 Å². The van der Waals surface area contributed by atoms with E-state index in [0.717, 1.165) is 16.8 Å². The maximum Gasteiger partial charge on any atom is 0.123 e. The molecule has 0 saturated carbocycles. The zero-order valence-electron chi connectivity index (χ0n) is 12.5. The molecule has 3 rings (SSSR count). The van der Waals surface area contributed by atoms with E-state index in [-0.39, 0.29) is 11.9 Å². The van der Waals surface area contributed by atoms with Crippen LogP contribution in [0.2, 0.25) is 0 Å². The summed E-state index contributed by atoms with van der Waals surface area (Å²) >= 11 is 1.64. The molecule has 1 aromatic carbocycles. The van der Waals surface area contributed by atoms with E-state index in [4.69, 9.17) is 0 Å². The number of benzene rings is 1. The summed E-state index contributed by atoms with van der Waals surface area (Å²) in [4.78, 5) is 5.47. The standard InChI is InChI=1S/C16H17FN4S/c1-11-15(22-10-19-11)8-18-16(13-7-20-21(2)9-13)12-3-5-14(17)6-4-12/h3-7,9-10,16,18H,8H2,1-2H3. The molecule has 0 spiro atoms. The normalized spacial score (nSPS) is 12.5. The Balaban J connectivity index is 1.86. The van der Waals surface area contributed by atoms with Gasteiger partial charge in [0.15, 0.2) is 0 Å². The van der Waals surface area contributed by atoms with Crippen LogP contribution in [0.15, 0.2) is 42.2 Å². The van der Waals surface area contributed by atoms with Crippen LogP contribution in [0.1, 0.15) is 27.7 Å². The van der Waals surface area contributed by atoms with Crippen molar-refractivity contribution in [3.63, 3.8) is 0 Å². The highest BCUT2D eigenvalue weighted by Gasteiger charge is 2.16. The predicted molar refractivity (Wildman–Crippen MR) is 85.1 cm³/mol. The summed E-state index contributed by atoms with van der Waals surface area (Å²) in [5.41, 5.74) is 4.96. The molecular weight excluding hydrogens is 299 g/mol. The van der Waals surface area contributed by atoms with Crippen LogP contribution in [0, 0.1) is 12.7 Å².